The van der Waals surface area contributed by atoms with Crippen molar-refractivity contribution in [1.82, 2.24) is 10.2 Å². The van der Waals surface area contributed by atoms with Crippen LogP contribution in [-0.2, 0) is 0 Å². The van der Waals surface area contributed by atoms with Crippen LogP contribution in [0.5, 0.6) is 0 Å². The first-order valence-corrected chi connectivity index (χ1v) is 7.71. The Bertz CT molecular complexity index is 534. The van der Waals surface area contributed by atoms with Crippen molar-refractivity contribution in [3.05, 3.63) is 41.8 Å². The third-order valence-corrected chi connectivity index (χ3v) is 4.14. The molecule has 20 heavy (non-hydrogen) atoms. The molecule has 0 radical (unpaired) electrons. The van der Waals surface area contributed by atoms with Crippen LogP contribution in [-0.4, -0.2) is 26.7 Å². The van der Waals surface area contributed by atoms with Crippen molar-refractivity contribution < 1.29 is 9.52 Å². The lowest BCUT2D eigenvalue weighted by atomic mass is 9.97. The molecule has 0 fully saturated rings. The van der Waals surface area contributed by atoms with E-state index in [0.29, 0.717) is 16.9 Å². The molecule has 1 atom stereocenters. The number of aromatic nitrogens is 2. The summed E-state index contributed by atoms with van der Waals surface area (Å²) in [4.78, 5) is 0. The van der Waals surface area contributed by atoms with Gasteiger partial charge in [0.1, 0.15) is 0 Å². The predicted molar refractivity (Wildman–Crippen MR) is 79.9 cm³/mol. The zero-order valence-electron chi connectivity index (χ0n) is 12.0. The topological polar surface area (TPSA) is 59.2 Å². The SMILES string of the molecule is CC[C@@H](c1ccccc1)c1nnc(SCC(C)(C)O)o1. The summed E-state index contributed by atoms with van der Waals surface area (Å²) < 4.78 is 5.72. The summed E-state index contributed by atoms with van der Waals surface area (Å²) in [6, 6.07) is 10.2. The van der Waals surface area contributed by atoms with Crippen LogP contribution in [0, 0.1) is 0 Å². The average Bonchev–Trinajstić information content (AvgIpc) is 2.87. The molecule has 4 nitrogen and oxygen atoms in total. The van der Waals surface area contributed by atoms with Crippen LogP contribution in [0.1, 0.15) is 44.6 Å². The van der Waals surface area contributed by atoms with Gasteiger partial charge in [-0.25, -0.2) is 0 Å². The Morgan fingerprint density at radius 3 is 2.55 bits per heavy atom. The Balaban J connectivity index is 2.11. The highest BCUT2D eigenvalue weighted by atomic mass is 32.2. The minimum atomic E-state index is -0.747. The van der Waals surface area contributed by atoms with E-state index >= 15 is 0 Å². The summed E-state index contributed by atoms with van der Waals surface area (Å²) in [6.07, 6.45) is 0.905. The Labute approximate surface area is 123 Å². The van der Waals surface area contributed by atoms with Crippen LogP contribution in [0.3, 0.4) is 0 Å². The second-order valence-corrected chi connectivity index (χ2v) is 6.31. The molecule has 0 amide bonds. The average molecular weight is 292 g/mol. The van der Waals surface area contributed by atoms with Crippen LogP contribution in [0.4, 0.5) is 0 Å². The van der Waals surface area contributed by atoms with E-state index in [2.05, 4.69) is 29.3 Å². The normalized spacial score (nSPS) is 13.4. The largest absolute Gasteiger partial charge is 0.415 e. The van der Waals surface area contributed by atoms with Gasteiger partial charge in [-0.3, -0.25) is 0 Å². The van der Waals surface area contributed by atoms with Gasteiger partial charge in [-0.2, -0.15) is 0 Å². The van der Waals surface area contributed by atoms with Crippen molar-refractivity contribution >= 4 is 11.8 Å². The maximum Gasteiger partial charge on any atom is 0.276 e. The third-order valence-electron chi connectivity index (χ3n) is 2.88. The lowest BCUT2D eigenvalue weighted by molar-refractivity contribution is 0.106. The third kappa shape index (κ3) is 4.08. The van der Waals surface area contributed by atoms with E-state index < -0.39 is 5.60 Å². The van der Waals surface area contributed by atoms with Gasteiger partial charge >= 0.3 is 0 Å². The van der Waals surface area contributed by atoms with E-state index in [4.69, 9.17) is 4.42 Å². The molecule has 2 rings (SSSR count). The van der Waals surface area contributed by atoms with Crippen molar-refractivity contribution in [2.45, 2.75) is 43.9 Å². The Morgan fingerprint density at radius 2 is 1.95 bits per heavy atom. The molecule has 0 aliphatic carbocycles. The maximum absolute atomic E-state index is 9.71. The van der Waals surface area contributed by atoms with E-state index in [9.17, 15) is 5.11 Å². The molecule has 1 aromatic heterocycles. The summed E-state index contributed by atoms with van der Waals surface area (Å²) in [5.41, 5.74) is 0.431. The fourth-order valence-corrected chi connectivity index (χ4v) is 2.62. The van der Waals surface area contributed by atoms with Crippen LogP contribution < -0.4 is 0 Å². The Kier molecular flexibility index (Phi) is 4.83. The van der Waals surface area contributed by atoms with E-state index in [0.717, 1.165) is 6.42 Å². The molecule has 2 aromatic rings. The minimum Gasteiger partial charge on any atom is -0.415 e. The minimum absolute atomic E-state index is 0.125. The summed E-state index contributed by atoms with van der Waals surface area (Å²) in [5.74, 6) is 1.29. The number of benzene rings is 1. The molecular formula is C15H20N2O2S. The summed E-state index contributed by atoms with van der Waals surface area (Å²) in [6.45, 7) is 5.62. The first-order chi connectivity index (χ1) is 9.49. The lowest BCUT2D eigenvalue weighted by Gasteiger charge is -2.14. The zero-order valence-corrected chi connectivity index (χ0v) is 12.9. The molecule has 1 heterocycles. The fraction of sp³-hybridized carbons (Fsp3) is 0.467. The molecule has 0 spiro atoms. The standard InChI is InChI=1S/C15H20N2O2S/c1-4-12(11-8-6-5-7-9-11)13-16-17-14(19-13)20-10-15(2,3)18/h5-9,12,18H,4,10H2,1-3H3/t12-/m0/s1. The molecular weight excluding hydrogens is 272 g/mol. The van der Waals surface area contributed by atoms with Crippen molar-refractivity contribution in [1.29, 1.82) is 0 Å². The summed E-state index contributed by atoms with van der Waals surface area (Å²) in [7, 11) is 0. The highest BCUT2D eigenvalue weighted by molar-refractivity contribution is 7.99. The number of hydrogen-bond donors (Lipinski definition) is 1. The van der Waals surface area contributed by atoms with Crippen LogP contribution in [0.2, 0.25) is 0 Å². The van der Waals surface area contributed by atoms with Gasteiger partial charge in [0.25, 0.3) is 5.22 Å². The van der Waals surface area contributed by atoms with Crippen molar-refractivity contribution in [3.63, 3.8) is 0 Å². The number of aliphatic hydroxyl groups is 1. The molecule has 0 aliphatic heterocycles. The van der Waals surface area contributed by atoms with Gasteiger partial charge in [0.05, 0.1) is 11.5 Å². The molecule has 0 aliphatic rings. The number of rotatable bonds is 6. The number of hydrogen-bond acceptors (Lipinski definition) is 5. The lowest BCUT2D eigenvalue weighted by Crippen LogP contribution is -2.21. The quantitative estimate of drug-likeness (QED) is 0.826. The van der Waals surface area contributed by atoms with E-state index in [1.807, 2.05) is 18.2 Å². The van der Waals surface area contributed by atoms with Gasteiger partial charge in [0.2, 0.25) is 5.89 Å². The van der Waals surface area contributed by atoms with Crippen LogP contribution in [0.25, 0.3) is 0 Å². The Hall–Kier alpha value is -1.33. The summed E-state index contributed by atoms with van der Waals surface area (Å²) in [5, 5.41) is 18.4. The molecule has 1 aromatic carbocycles. The van der Waals surface area contributed by atoms with Gasteiger partial charge in [0.15, 0.2) is 0 Å². The molecule has 0 unspecified atom stereocenters. The van der Waals surface area contributed by atoms with E-state index in [1.165, 1.54) is 17.3 Å². The van der Waals surface area contributed by atoms with E-state index in [-0.39, 0.29) is 5.92 Å². The molecule has 0 saturated carbocycles. The zero-order chi connectivity index (χ0) is 14.6. The Morgan fingerprint density at radius 1 is 1.25 bits per heavy atom. The maximum atomic E-state index is 9.71. The highest BCUT2D eigenvalue weighted by Gasteiger charge is 2.20. The summed E-state index contributed by atoms with van der Waals surface area (Å²) >= 11 is 1.38. The van der Waals surface area contributed by atoms with Crippen molar-refractivity contribution in [2.75, 3.05) is 5.75 Å². The molecule has 1 N–H and O–H groups in total. The van der Waals surface area contributed by atoms with Gasteiger partial charge in [-0.15, -0.1) is 10.2 Å². The van der Waals surface area contributed by atoms with Crippen molar-refractivity contribution in [2.24, 2.45) is 0 Å². The van der Waals surface area contributed by atoms with Crippen LogP contribution >= 0.6 is 11.8 Å². The second-order valence-electron chi connectivity index (χ2n) is 5.38. The molecule has 0 saturated heterocycles. The van der Waals surface area contributed by atoms with Gasteiger partial charge in [-0.05, 0) is 25.8 Å². The predicted octanol–water partition coefficient (Wildman–Crippen LogP) is 3.47. The molecule has 108 valence electrons. The van der Waals surface area contributed by atoms with Gasteiger partial charge < -0.3 is 9.52 Å². The van der Waals surface area contributed by atoms with Crippen LogP contribution in [0.15, 0.2) is 40.0 Å². The van der Waals surface area contributed by atoms with Gasteiger partial charge in [0, 0.05) is 5.75 Å². The molecule has 5 heteroatoms. The molecule has 0 bridgehead atoms. The first kappa shape index (κ1) is 15.1. The van der Waals surface area contributed by atoms with Gasteiger partial charge in [-0.1, -0.05) is 49.0 Å². The highest BCUT2D eigenvalue weighted by Crippen LogP contribution is 2.29. The second kappa shape index (κ2) is 6.41. The van der Waals surface area contributed by atoms with Crippen molar-refractivity contribution in [3.8, 4) is 0 Å². The monoisotopic (exact) mass is 292 g/mol. The van der Waals surface area contributed by atoms with E-state index in [1.54, 1.807) is 13.8 Å². The number of nitrogens with zero attached hydrogens (tertiary/aromatic N) is 2. The smallest absolute Gasteiger partial charge is 0.276 e. The number of thioether (sulfide) groups is 1. The first-order valence-electron chi connectivity index (χ1n) is 6.73. The fourth-order valence-electron chi connectivity index (χ4n) is 1.90.